The Balaban J connectivity index is 1.70. The van der Waals surface area contributed by atoms with E-state index in [1.165, 1.54) is 12.1 Å². The lowest BCUT2D eigenvalue weighted by Crippen LogP contribution is -2.56. The van der Waals surface area contributed by atoms with Crippen molar-refractivity contribution >= 4 is 37.3 Å². The van der Waals surface area contributed by atoms with E-state index in [0.717, 1.165) is 18.4 Å². The Morgan fingerprint density at radius 3 is 2.64 bits per heavy atom. The summed E-state index contributed by atoms with van der Waals surface area (Å²) in [5.74, 6) is 0.357. The van der Waals surface area contributed by atoms with Gasteiger partial charge in [0.05, 0.1) is 40.5 Å². The Bertz CT molecular complexity index is 1150. The highest BCUT2D eigenvalue weighted by atomic mass is 35.7. The van der Waals surface area contributed by atoms with Gasteiger partial charge in [-0.25, -0.2) is 8.42 Å². The molecule has 0 bridgehead atoms. The topological polar surface area (TPSA) is 87.9 Å². The second kappa shape index (κ2) is 5.57. The molecule has 8 nitrogen and oxygen atoms in total. The number of aliphatic imine (C=N–C) groups is 1. The number of hydrogen-bond acceptors (Lipinski definition) is 6. The molecule has 1 atom stereocenters. The van der Waals surface area contributed by atoms with Crippen LogP contribution in [0.15, 0.2) is 40.5 Å². The van der Waals surface area contributed by atoms with E-state index in [1.54, 1.807) is 21.8 Å². The molecular formula is C18H18ClN5O3S. The van der Waals surface area contributed by atoms with Crippen LogP contribution in [0.5, 0.6) is 0 Å². The maximum atomic E-state index is 13.6. The third-order valence-electron chi connectivity index (χ3n) is 5.69. The normalized spacial score (nSPS) is 22.8. The van der Waals surface area contributed by atoms with Gasteiger partial charge < -0.3 is 4.90 Å². The van der Waals surface area contributed by atoms with Crippen molar-refractivity contribution in [2.24, 2.45) is 12.0 Å². The fourth-order valence-electron chi connectivity index (χ4n) is 4.16. The summed E-state index contributed by atoms with van der Waals surface area (Å²) in [6.45, 7) is 2.60. The van der Waals surface area contributed by atoms with Crippen LogP contribution in [0.1, 0.15) is 35.7 Å². The van der Waals surface area contributed by atoms with E-state index >= 15 is 0 Å². The Kier molecular flexibility index (Phi) is 3.52. The van der Waals surface area contributed by atoms with Crippen LogP contribution in [0.4, 0.5) is 5.69 Å². The molecule has 10 heteroatoms. The van der Waals surface area contributed by atoms with Gasteiger partial charge >= 0.3 is 0 Å². The van der Waals surface area contributed by atoms with Crippen LogP contribution in [0, 0.1) is 0 Å². The van der Waals surface area contributed by atoms with E-state index in [1.807, 2.05) is 25.1 Å². The molecule has 3 aliphatic rings. The minimum Gasteiger partial charge on any atom is -0.307 e. The lowest BCUT2D eigenvalue weighted by Gasteiger charge is -2.41. The van der Waals surface area contributed by atoms with Crippen LogP contribution in [0.3, 0.4) is 0 Å². The lowest BCUT2D eigenvalue weighted by molar-refractivity contribution is 0.0774. The smallest absolute Gasteiger partial charge is 0.263 e. The van der Waals surface area contributed by atoms with E-state index in [0.29, 0.717) is 23.8 Å². The van der Waals surface area contributed by atoms with Crippen molar-refractivity contribution in [2.75, 3.05) is 11.4 Å². The maximum Gasteiger partial charge on any atom is 0.263 e. The van der Waals surface area contributed by atoms with Gasteiger partial charge in [0, 0.05) is 29.5 Å². The first-order chi connectivity index (χ1) is 13.2. The predicted molar refractivity (Wildman–Crippen MR) is 104 cm³/mol. The van der Waals surface area contributed by atoms with Gasteiger partial charge in [0.25, 0.3) is 15.0 Å². The van der Waals surface area contributed by atoms with Crippen LogP contribution < -0.4 is 4.90 Å². The molecule has 0 unspecified atom stereocenters. The third kappa shape index (κ3) is 2.35. The largest absolute Gasteiger partial charge is 0.307 e. The van der Waals surface area contributed by atoms with Crippen molar-refractivity contribution in [3.8, 4) is 0 Å². The molecule has 1 aromatic heterocycles. The van der Waals surface area contributed by atoms with Gasteiger partial charge in [-0.2, -0.15) is 5.10 Å². The molecule has 1 aromatic carbocycles. The number of amides is 1. The van der Waals surface area contributed by atoms with Gasteiger partial charge in [-0.3, -0.25) is 19.4 Å². The third-order valence-corrected chi connectivity index (χ3v) is 7.04. The number of fused-ring (bicyclic) bond motifs is 3. The fraction of sp³-hybridized carbons (Fsp3) is 0.389. The SMILES string of the molecule is C[C@@H]1CN=C2N1c1ccc(S(=O)(=O)Cl)cc1C(=O)N2C1(c2cnn(C)c2)CC1. The number of benzene rings is 1. The van der Waals surface area contributed by atoms with Crippen molar-refractivity contribution in [2.45, 2.75) is 36.2 Å². The van der Waals surface area contributed by atoms with Crippen molar-refractivity contribution in [1.29, 1.82) is 0 Å². The number of aryl methyl sites for hydroxylation is 1. The van der Waals surface area contributed by atoms with E-state index in [2.05, 4.69) is 10.1 Å². The summed E-state index contributed by atoms with van der Waals surface area (Å²) >= 11 is 0. The first-order valence-electron chi connectivity index (χ1n) is 8.98. The molecule has 1 aliphatic carbocycles. The average molecular weight is 420 g/mol. The van der Waals surface area contributed by atoms with Gasteiger partial charge in [-0.15, -0.1) is 0 Å². The van der Waals surface area contributed by atoms with Crippen LogP contribution >= 0.6 is 10.7 Å². The molecule has 28 heavy (non-hydrogen) atoms. The molecule has 0 saturated heterocycles. The summed E-state index contributed by atoms with van der Waals surface area (Å²) in [7, 11) is 3.42. The number of aromatic nitrogens is 2. The number of guanidine groups is 1. The molecule has 146 valence electrons. The van der Waals surface area contributed by atoms with Crippen LogP contribution in [0.2, 0.25) is 0 Å². The summed E-state index contributed by atoms with van der Waals surface area (Å²) < 4.78 is 25.4. The molecule has 2 aliphatic heterocycles. The number of anilines is 1. The molecule has 0 radical (unpaired) electrons. The van der Waals surface area contributed by atoms with Gasteiger partial charge in [0.15, 0.2) is 0 Å². The Morgan fingerprint density at radius 1 is 1.29 bits per heavy atom. The van der Waals surface area contributed by atoms with Crippen molar-refractivity contribution in [3.63, 3.8) is 0 Å². The average Bonchev–Trinajstić information content (AvgIpc) is 3.16. The predicted octanol–water partition coefficient (Wildman–Crippen LogP) is 2.06. The zero-order valence-electron chi connectivity index (χ0n) is 15.3. The number of carbonyl (C=O) groups excluding carboxylic acids is 1. The summed E-state index contributed by atoms with van der Waals surface area (Å²) in [4.78, 5) is 21.9. The summed E-state index contributed by atoms with van der Waals surface area (Å²) in [6.07, 6.45) is 5.29. The van der Waals surface area contributed by atoms with E-state index in [9.17, 15) is 13.2 Å². The quantitative estimate of drug-likeness (QED) is 0.710. The highest BCUT2D eigenvalue weighted by Crippen LogP contribution is 2.54. The number of nitrogens with zero attached hydrogens (tertiary/aromatic N) is 5. The summed E-state index contributed by atoms with van der Waals surface area (Å²) in [5.41, 5.74) is 1.44. The molecule has 3 heterocycles. The Hall–Kier alpha value is -2.39. The van der Waals surface area contributed by atoms with Crippen molar-refractivity contribution in [1.82, 2.24) is 14.7 Å². The van der Waals surface area contributed by atoms with Gasteiger partial charge in [-0.05, 0) is 38.0 Å². The van der Waals surface area contributed by atoms with Gasteiger partial charge in [0.2, 0.25) is 5.96 Å². The Morgan fingerprint density at radius 2 is 2.04 bits per heavy atom. The van der Waals surface area contributed by atoms with Crippen molar-refractivity contribution in [3.05, 3.63) is 41.7 Å². The number of halogens is 1. The van der Waals surface area contributed by atoms with Crippen molar-refractivity contribution < 1.29 is 13.2 Å². The molecule has 5 rings (SSSR count). The number of rotatable bonds is 3. The molecule has 1 saturated carbocycles. The number of carbonyl (C=O) groups is 1. The standard InChI is InChI=1S/C18H18ClN5O3S/c1-11-8-20-17-23(11)15-4-3-13(28(19,26)27)7-14(15)16(25)24(17)18(5-6-18)12-9-21-22(2)10-12/h3-4,7,9-11H,5-6,8H2,1-2H3/t11-/m1/s1. The van der Waals surface area contributed by atoms with E-state index in [-0.39, 0.29) is 16.8 Å². The first kappa shape index (κ1) is 17.7. The molecule has 1 fully saturated rings. The fourth-order valence-corrected chi connectivity index (χ4v) is 4.94. The zero-order chi connectivity index (χ0) is 19.8. The van der Waals surface area contributed by atoms with Crippen LogP contribution in [-0.4, -0.2) is 47.6 Å². The second-order valence-electron chi connectivity index (χ2n) is 7.55. The molecule has 0 spiro atoms. The summed E-state index contributed by atoms with van der Waals surface area (Å²) in [5, 5.41) is 4.26. The highest BCUT2D eigenvalue weighted by Gasteiger charge is 2.58. The van der Waals surface area contributed by atoms with E-state index < -0.39 is 14.6 Å². The summed E-state index contributed by atoms with van der Waals surface area (Å²) in [6, 6.07) is 4.50. The second-order valence-corrected chi connectivity index (χ2v) is 10.1. The van der Waals surface area contributed by atoms with Crippen LogP contribution in [0.25, 0.3) is 0 Å². The Labute approximate surface area is 166 Å². The minimum absolute atomic E-state index is 0.0625. The lowest BCUT2D eigenvalue weighted by atomic mass is 10.0. The maximum absolute atomic E-state index is 13.6. The highest BCUT2D eigenvalue weighted by molar-refractivity contribution is 8.13. The van der Waals surface area contributed by atoms with Gasteiger partial charge in [-0.1, -0.05) is 0 Å². The van der Waals surface area contributed by atoms with E-state index in [4.69, 9.17) is 10.7 Å². The van der Waals surface area contributed by atoms with Crippen LogP contribution in [-0.2, 0) is 21.6 Å². The zero-order valence-corrected chi connectivity index (χ0v) is 16.9. The van der Waals surface area contributed by atoms with Gasteiger partial charge in [0.1, 0.15) is 0 Å². The molecule has 2 aromatic rings. The minimum atomic E-state index is -3.94. The monoisotopic (exact) mass is 419 g/mol. The molecule has 1 amide bonds. The molecular weight excluding hydrogens is 402 g/mol. The molecule has 0 N–H and O–H groups in total. The number of hydrogen-bond donors (Lipinski definition) is 0. The first-order valence-corrected chi connectivity index (χ1v) is 11.3.